The molecule has 2 heterocycles. The maximum Gasteiger partial charge on any atom is 0.346 e. The molecule has 0 unspecified atom stereocenters. The van der Waals surface area contributed by atoms with E-state index in [1.165, 1.54) is 4.68 Å². The van der Waals surface area contributed by atoms with Crippen molar-refractivity contribution in [2.24, 2.45) is 7.05 Å². The Labute approximate surface area is 159 Å². The third-order valence-corrected chi connectivity index (χ3v) is 4.86. The summed E-state index contributed by atoms with van der Waals surface area (Å²) in [5.41, 5.74) is 8.63. The van der Waals surface area contributed by atoms with Crippen molar-refractivity contribution in [2.75, 3.05) is 5.73 Å². The quantitative estimate of drug-likeness (QED) is 0.552. The summed E-state index contributed by atoms with van der Waals surface area (Å²) in [6.07, 6.45) is 0. The van der Waals surface area contributed by atoms with Gasteiger partial charge in [-0.2, -0.15) is 0 Å². The van der Waals surface area contributed by atoms with Gasteiger partial charge in [0.2, 0.25) is 5.27 Å². The number of nitrogen functional groups attached to an aromatic ring is 1. The number of nitrogens with two attached hydrogens (primary N) is 1. The maximum atomic E-state index is 13.3. The highest BCUT2D eigenvalue weighted by Crippen LogP contribution is 2.29. The topological polar surface area (TPSA) is 82.9 Å². The molecule has 0 radical (unpaired) electrons. The second-order valence-corrected chi connectivity index (χ2v) is 6.49. The molecular formula is C19H17ClN5O2+. The van der Waals surface area contributed by atoms with Gasteiger partial charge in [-0.3, -0.25) is 14.0 Å². The molecule has 0 aliphatic heterocycles. The van der Waals surface area contributed by atoms with Gasteiger partial charge in [-0.1, -0.05) is 41.9 Å². The molecule has 4 rings (SSSR count). The van der Waals surface area contributed by atoms with Crippen LogP contribution in [0.5, 0.6) is 0 Å². The van der Waals surface area contributed by atoms with Crippen LogP contribution in [0, 0.1) is 6.92 Å². The minimum Gasteiger partial charge on any atom is -0.362 e. The van der Waals surface area contributed by atoms with Gasteiger partial charge in [0.25, 0.3) is 0 Å². The number of aromatic nitrogens is 4. The van der Waals surface area contributed by atoms with Crippen LogP contribution in [-0.4, -0.2) is 14.6 Å². The van der Waals surface area contributed by atoms with E-state index in [-0.39, 0.29) is 11.4 Å². The van der Waals surface area contributed by atoms with Gasteiger partial charge in [0.1, 0.15) is 5.69 Å². The van der Waals surface area contributed by atoms with Crippen molar-refractivity contribution >= 4 is 17.5 Å². The molecule has 0 amide bonds. The average molecular weight is 383 g/mol. The molecule has 8 heteroatoms. The van der Waals surface area contributed by atoms with Gasteiger partial charge in [0.05, 0.1) is 16.3 Å². The predicted molar refractivity (Wildman–Crippen MR) is 102 cm³/mol. The van der Waals surface area contributed by atoms with Crippen molar-refractivity contribution in [2.45, 2.75) is 6.92 Å². The van der Waals surface area contributed by atoms with E-state index in [1.54, 1.807) is 21.5 Å². The highest BCUT2D eigenvalue weighted by molar-refractivity contribution is 6.33. The van der Waals surface area contributed by atoms with Crippen molar-refractivity contribution in [3.8, 4) is 22.6 Å². The first-order valence-electron chi connectivity index (χ1n) is 8.27. The van der Waals surface area contributed by atoms with Crippen molar-refractivity contribution in [1.29, 1.82) is 0 Å². The Balaban J connectivity index is 2.01. The summed E-state index contributed by atoms with van der Waals surface area (Å²) in [6.45, 7) is 1.84. The standard InChI is InChI=1S/C19H17ClN5O2/c1-12-16(19(26)25(23(12)2)13-8-4-3-5-9-13)24-17(18(21)27-22-24)14-10-6-7-11-15(14)20/h3-11H,21H2,1-2H3/q+1. The van der Waals surface area contributed by atoms with Crippen LogP contribution in [0.15, 0.2) is 63.9 Å². The Bertz CT molecular complexity index is 1190. The molecule has 0 aliphatic carbocycles. The lowest BCUT2D eigenvalue weighted by molar-refractivity contribution is -0.661. The van der Waals surface area contributed by atoms with Gasteiger partial charge in [0.15, 0.2) is 0 Å². The molecule has 0 bridgehead atoms. The molecule has 4 aromatic rings. The zero-order chi connectivity index (χ0) is 19.1. The van der Waals surface area contributed by atoms with Crippen LogP contribution in [0.4, 0.5) is 5.88 Å². The molecule has 7 nitrogen and oxygen atoms in total. The average Bonchev–Trinajstić information content (AvgIpc) is 3.13. The Morgan fingerprint density at radius 3 is 2.48 bits per heavy atom. The number of halogens is 1. The van der Waals surface area contributed by atoms with Gasteiger partial charge in [0, 0.05) is 11.7 Å². The molecular weight excluding hydrogens is 366 g/mol. The third-order valence-electron chi connectivity index (χ3n) is 4.53. The smallest absolute Gasteiger partial charge is 0.346 e. The largest absolute Gasteiger partial charge is 0.362 e. The van der Waals surface area contributed by atoms with Crippen LogP contribution in [0.3, 0.4) is 0 Å². The molecule has 2 aromatic heterocycles. The van der Waals surface area contributed by atoms with E-state index in [0.29, 0.717) is 27.7 Å². The normalized spacial score (nSPS) is 11.1. The second kappa shape index (κ2) is 6.44. The summed E-state index contributed by atoms with van der Waals surface area (Å²) < 4.78 is 9.94. The SMILES string of the molecule is Cc1c(-[n+]2noc(N)c2-c2ccccc2Cl)c(=O)n(-c2ccccc2)n1C. The first kappa shape index (κ1) is 17.1. The van der Waals surface area contributed by atoms with E-state index >= 15 is 0 Å². The van der Waals surface area contributed by atoms with E-state index in [0.717, 1.165) is 5.69 Å². The number of hydrogen-bond donors (Lipinski definition) is 1. The van der Waals surface area contributed by atoms with Gasteiger partial charge in [-0.05, 0) is 31.2 Å². The molecule has 136 valence electrons. The fourth-order valence-corrected chi connectivity index (χ4v) is 3.35. The zero-order valence-corrected chi connectivity index (χ0v) is 15.5. The summed E-state index contributed by atoms with van der Waals surface area (Å²) in [5, 5.41) is 4.49. The number of nitrogens with zero attached hydrogens (tertiary/aromatic N) is 4. The lowest BCUT2D eigenvalue weighted by atomic mass is 10.1. The van der Waals surface area contributed by atoms with Crippen LogP contribution in [-0.2, 0) is 7.05 Å². The molecule has 0 fully saturated rings. The number of benzene rings is 2. The summed E-state index contributed by atoms with van der Waals surface area (Å²) in [5.74, 6) is 0.0806. The van der Waals surface area contributed by atoms with Gasteiger partial charge < -0.3 is 5.73 Å². The first-order valence-corrected chi connectivity index (χ1v) is 8.65. The molecule has 0 aliphatic rings. The maximum absolute atomic E-state index is 13.3. The summed E-state index contributed by atoms with van der Waals surface area (Å²) in [4.78, 5) is 13.3. The molecule has 0 spiro atoms. The van der Waals surface area contributed by atoms with Crippen molar-refractivity contribution in [3.05, 3.63) is 75.7 Å². The Morgan fingerprint density at radius 1 is 1.11 bits per heavy atom. The number of hydrogen-bond acceptors (Lipinski definition) is 4. The van der Waals surface area contributed by atoms with Crippen LogP contribution >= 0.6 is 11.6 Å². The Hall–Kier alpha value is -3.32. The van der Waals surface area contributed by atoms with E-state index in [2.05, 4.69) is 5.27 Å². The molecule has 0 saturated carbocycles. The minimum absolute atomic E-state index is 0.0806. The van der Waals surface area contributed by atoms with Crippen LogP contribution in [0.2, 0.25) is 5.02 Å². The van der Waals surface area contributed by atoms with Gasteiger partial charge in [-0.15, -0.1) is 0 Å². The predicted octanol–water partition coefficient (Wildman–Crippen LogP) is 2.65. The van der Waals surface area contributed by atoms with Crippen LogP contribution < -0.4 is 16.0 Å². The van der Waals surface area contributed by atoms with E-state index < -0.39 is 0 Å². The van der Waals surface area contributed by atoms with Crippen molar-refractivity contribution in [1.82, 2.24) is 14.6 Å². The lowest BCUT2D eigenvalue weighted by Gasteiger charge is -2.06. The molecule has 27 heavy (non-hydrogen) atoms. The Kier molecular flexibility index (Phi) is 4.08. The molecule has 0 atom stereocenters. The first-order chi connectivity index (χ1) is 13.0. The fourth-order valence-electron chi connectivity index (χ4n) is 3.12. The van der Waals surface area contributed by atoms with Crippen LogP contribution in [0.1, 0.15) is 5.69 Å². The van der Waals surface area contributed by atoms with E-state index in [9.17, 15) is 4.79 Å². The van der Waals surface area contributed by atoms with Crippen LogP contribution in [0.25, 0.3) is 22.6 Å². The van der Waals surface area contributed by atoms with Crippen molar-refractivity contribution in [3.63, 3.8) is 0 Å². The Morgan fingerprint density at radius 2 is 1.78 bits per heavy atom. The molecule has 2 aromatic carbocycles. The summed E-state index contributed by atoms with van der Waals surface area (Å²) >= 11 is 6.33. The summed E-state index contributed by atoms with van der Waals surface area (Å²) in [6, 6.07) is 16.6. The second-order valence-electron chi connectivity index (χ2n) is 6.09. The van der Waals surface area contributed by atoms with E-state index in [1.807, 2.05) is 56.4 Å². The number of rotatable bonds is 3. The monoisotopic (exact) mass is 382 g/mol. The van der Waals surface area contributed by atoms with Crippen molar-refractivity contribution < 1.29 is 9.20 Å². The zero-order valence-electron chi connectivity index (χ0n) is 14.8. The summed E-state index contributed by atoms with van der Waals surface area (Å²) in [7, 11) is 1.81. The lowest BCUT2D eigenvalue weighted by Crippen LogP contribution is -2.41. The van der Waals surface area contributed by atoms with E-state index in [4.69, 9.17) is 21.9 Å². The number of para-hydroxylation sites is 1. The van der Waals surface area contributed by atoms with Gasteiger partial charge >= 0.3 is 22.8 Å². The number of anilines is 1. The third kappa shape index (κ3) is 2.63. The minimum atomic E-state index is -0.243. The fraction of sp³-hybridized carbons (Fsp3) is 0.105. The highest BCUT2D eigenvalue weighted by Gasteiger charge is 2.35. The highest BCUT2D eigenvalue weighted by atomic mass is 35.5. The molecule has 0 saturated heterocycles. The molecule has 2 N–H and O–H groups in total. The van der Waals surface area contributed by atoms with Gasteiger partial charge in [-0.25, -0.2) is 4.68 Å².